The van der Waals surface area contributed by atoms with E-state index in [0.29, 0.717) is 11.3 Å². The summed E-state index contributed by atoms with van der Waals surface area (Å²) in [5.41, 5.74) is 2.04. The van der Waals surface area contributed by atoms with E-state index < -0.39 is 0 Å². The molecule has 2 aromatic rings. The highest BCUT2D eigenvalue weighted by molar-refractivity contribution is 5.97. The minimum Gasteiger partial charge on any atom is -0.378 e. The lowest BCUT2D eigenvalue weighted by molar-refractivity contribution is -0.123. The molecule has 2 amide bonds. The zero-order chi connectivity index (χ0) is 18.4. The molecule has 0 saturated carbocycles. The van der Waals surface area contributed by atoms with Gasteiger partial charge in [0.25, 0.3) is 0 Å². The van der Waals surface area contributed by atoms with Crippen LogP contribution in [-0.4, -0.2) is 32.5 Å². The Labute approximate surface area is 147 Å². The van der Waals surface area contributed by atoms with Gasteiger partial charge in [-0.15, -0.1) is 0 Å². The number of nitrogens with one attached hydrogen (secondary N) is 1. The van der Waals surface area contributed by atoms with Crippen LogP contribution in [0.1, 0.15) is 12.5 Å². The summed E-state index contributed by atoms with van der Waals surface area (Å²) in [5, 5.41) is 2.64. The zero-order valence-electron chi connectivity index (χ0n) is 14.6. The SMILES string of the molecule is CC(=O)N(CC(=O)NCc1ccccc1F)c1ccc(N(C)C)cc1. The fourth-order valence-corrected chi connectivity index (χ4v) is 2.35. The minimum atomic E-state index is -0.370. The van der Waals surface area contributed by atoms with Crippen molar-refractivity contribution in [1.82, 2.24) is 5.32 Å². The van der Waals surface area contributed by atoms with E-state index in [1.165, 1.54) is 17.9 Å². The van der Waals surface area contributed by atoms with Crippen LogP contribution in [-0.2, 0) is 16.1 Å². The molecule has 1 N–H and O–H groups in total. The molecule has 0 saturated heterocycles. The largest absolute Gasteiger partial charge is 0.378 e. The Kier molecular flexibility index (Phi) is 6.11. The number of carbonyl (C=O) groups excluding carboxylic acids is 2. The summed E-state index contributed by atoms with van der Waals surface area (Å²) in [6, 6.07) is 13.6. The Morgan fingerprint density at radius 3 is 2.16 bits per heavy atom. The van der Waals surface area contributed by atoms with Crippen molar-refractivity contribution in [3.8, 4) is 0 Å². The molecule has 2 rings (SSSR count). The van der Waals surface area contributed by atoms with Crippen molar-refractivity contribution in [3.63, 3.8) is 0 Å². The molecule has 0 bridgehead atoms. The van der Waals surface area contributed by atoms with Crippen molar-refractivity contribution in [3.05, 3.63) is 59.9 Å². The van der Waals surface area contributed by atoms with Crippen molar-refractivity contribution in [2.45, 2.75) is 13.5 Å². The van der Waals surface area contributed by atoms with Crippen LogP contribution < -0.4 is 15.1 Å². The third kappa shape index (κ3) is 5.04. The average molecular weight is 343 g/mol. The van der Waals surface area contributed by atoms with Gasteiger partial charge >= 0.3 is 0 Å². The molecule has 0 fully saturated rings. The van der Waals surface area contributed by atoms with Gasteiger partial charge < -0.3 is 15.1 Å². The van der Waals surface area contributed by atoms with E-state index in [-0.39, 0.29) is 30.7 Å². The topological polar surface area (TPSA) is 52.7 Å². The third-order valence-corrected chi connectivity index (χ3v) is 3.79. The molecule has 6 heteroatoms. The van der Waals surface area contributed by atoms with Gasteiger partial charge in [0.05, 0.1) is 0 Å². The molecule has 132 valence electrons. The molecule has 0 unspecified atom stereocenters. The number of carbonyl (C=O) groups is 2. The van der Waals surface area contributed by atoms with Gasteiger partial charge in [-0.05, 0) is 30.3 Å². The lowest BCUT2D eigenvalue weighted by Gasteiger charge is -2.22. The fraction of sp³-hybridized carbons (Fsp3) is 0.263. The van der Waals surface area contributed by atoms with Gasteiger partial charge in [-0.1, -0.05) is 18.2 Å². The van der Waals surface area contributed by atoms with E-state index in [0.717, 1.165) is 5.69 Å². The van der Waals surface area contributed by atoms with Crippen LogP contribution >= 0.6 is 0 Å². The Hall–Kier alpha value is -2.89. The van der Waals surface area contributed by atoms with Crippen molar-refractivity contribution in [2.24, 2.45) is 0 Å². The number of anilines is 2. The van der Waals surface area contributed by atoms with Gasteiger partial charge in [-0.2, -0.15) is 0 Å². The van der Waals surface area contributed by atoms with Gasteiger partial charge in [0.15, 0.2) is 0 Å². The van der Waals surface area contributed by atoms with Gasteiger partial charge in [-0.3, -0.25) is 9.59 Å². The second-order valence-electron chi connectivity index (χ2n) is 5.88. The monoisotopic (exact) mass is 343 g/mol. The molecule has 0 aliphatic carbocycles. The molecule has 0 radical (unpaired) electrons. The van der Waals surface area contributed by atoms with Gasteiger partial charge in [0.2, 0.25) is 11.8 Å². The van der Waals surface area contributed by atoms with E-state index in [2.05, 4.69) is 5.32 Å². The normalized spacial score (nSPS) is 10.2. The van der Waals surface area contributed by atoms with Crippen molar-refractivity contribution < 1.29 is 14.0 Å². The molecule has 5 nitrogen and oxygen atoms in total. The lowest BCUT2D eigenvalue weighted by Crippen LogP contribution is -2.39. The molecular formula is C19H22FN3O2. The Bertz CT molecular complexity index is 745. The zero-order valence-corrected chi connectivity index (χ0v) is 14.6. The highest BCUT2D eigenvalue weighted by Crippen LogP contribution is 2.19. The Balaban J connectivity index is 2.02. The third-order valence-electron chi connectivity index (χ3n) is 3.79. The van der Waals surface area contributed by atoms with Crippen LogP contribution in [0.2, 0.25) is 0 Å². The highest BCUT2D eigenvalue weighted by atomic mass is 19.1. The molecule has 0 aromatic heterocycles. The van der Waals surface area contributed by atoms with Crippen molar-refractivity contribution in [2.75, 3.05) is 30.4 Å². The first-order chi connectivity index (χ1) is 11.9. The molecule has 0 aliphatic heterocycles. The maximum atomic E-state index is 13.6. The molecule has 0 spiro atoms. The standard InChI is InChI=1S/C19H22FN3O2/c1-14(24)23(17-10-8-16(9-11-17)22(2)3)13-19(25)21-12-15-6-4-5-7-18(15)20/h4-11H,12-13H2,1-3H3,(H,21,25). The van der Waals surface area contributed by atoms with Crippen LogP contribution in [0.15, 0.2) is 48.5 Å². The summed E-state index contributed by atoms with van der Waals surface area (Å²) in [6.45, 7) is 1.37. The van der Waals surface area contributed by atoms with Crippen LogP contribution in [0.25, 0.3) is 0 Å². The Morgan fingerprint density at radius 1 is 1.00 bits per heavy atom. The van der Waals surface area contributed by atoms with E-state index in [1.54, 1.807) is 30.3 Å². The Morgan fingerprint density at radius 2 is 1.60 bits per heavy atom. The molecule has 0 aliphatic rings. The summed E-state index contributed by atoms with van der Waals surface area (Å²) in [7, 11) is 3.85. The molecule has 0 heterocycles. The summed E-state index contributed by atoms with van der Waals surface area (Å²) in [4.78, 5) is 27.4. The number of nitrogens with zero attached hydrogens (tertiary/aromatic N) is 2. The second-order valence-corrected chi connectivity index (χ2v) is 5.88. The first-order valence-electron chi connectivity index (χ1n) is 7.94. The molecule has 0 atom stereocenters. The van der Waals surface area contributed by atoms with E-state index in [1.807, 2.05) is 31.1 Å². The van der Waals surface area contributed by atoms with Crippen LogP contribution in [0.5, 0.6) is 0 Å². The molecule has 2 aromatic carbocycles. The summed E-state index contributed by atoms with van der Waals surface area (Å²) in [5.74, 6) is -0.959. The quantitative estimate of drug-likeness (QED) is 0.877. The van der Waals surface area contributed by atoms with Crippen LogP contribution in [0.3, 0.4) is 0 Å². The van der Waals surface area contributed by atoms with Crippen molar-refractivity contribution >= 4 is 23.2 Å². The van der Waals surface area contributed by atoms with Gasteiger partial charge in [0, 0.05) is 44.5 Å². The average Bonchev–Trinajstić information content (AvgIpc) is 2.59. The predicted molar refractivity (Wildman–Crippen MR) is 97.0 cm³/mol. The first-order valence-corrected chi connectivity index (χ1v) is 7.94. The van der Waals surface area contributed by atoms with Crippen LogP contribution in [0.4, 0.5) is 15.8 Å². The smallest absolute Gasteiger partial charge is 0.240 e. The molecular weight excluding hydrogens is 321 g/mol. The second kappa shape index (κ2) is 8.28. The number of hydrogen-bond acceptors (Lipinski definition) is 3. The number of amides is 2. The van der Waals surface area contributed by atoms with Gasteiger partial charge in [-0.25, -0.2) is 4.39 Å². The fourth-order valence-electron chi connectivity index (χ4n) is 2.35. The molecule has 25 heavy (non-hydrogen) atoms. The first kappa shape index (κ1) is 18.4. The van der Waals surface area contributed by atoms with Crippen LogP contribution in [0, 0.1) is 5.82 Å². The predicted octanol–water partition coefficient (Wildman–Crippen LogP) is 2.56. The number of rotatable bonds is 6. The van der Waals surface area contributed by atoms with Gasteiger partial charge in [0.1, 0.15) is 12.4 Å². The van der Waals surface area contributed by atoms with E-state index >= 15 is 0 Å². The lowest BCUT2D eigenvalue weighted by atomic mass is 10.2. The number of halogens is 1. The van der Waals surface area contributed by atoms with E-state index in [4.69, 9.17) is 0 Å². The maximum absolute atomic E-state index is 13.6. The number of benzene rings is 2. The van der Waals surface area contributed by atoms with Crippen molar-refractivity contribution in [1.29, 1.82) is 0 Å². The summed E-state index contributed by atoms with van der Waals surface area (Å²) < 4.78 is 13.6. The minimum absolute atomic E-state index is 0.0802. The summed E-state index contributed by atoms with van der Waals surface area (Å²) in [6.07, 6.45) is 0. The maximum Gasteiger partial charge on any atom is 0.240 e. The number of hydrogen-bond donors (Lipinski definition) is 1. The summed E-state index contributed by atoms with van der Waals surface area (Å²) >= 11 is 0. The van der Waals surface area contributed by atoms with E-state index in [9.17, 15) is 14.0 Å². The highest BCUT2D eigenvalue weighted by Gasteiger charge is 2.16.